The molecule has 178 valence electrons. The Kier molecular flexibility index (Phi) is 5.68. The van der Waals surface area contributed by atoms with Crippen LogP contribution in [0.25, 0.3) is 11.1 Å². The average Bonchev–Trinajstić information content (AvgIpc) is 3.47. The predicted octanol–water partition coefficient (Wildman–Crippen LogP) is 4.54. The van der Waals surface area contributed by atoms with Gasteiger partial charge in [0, 0.05) is 48.4 Å². The first-order valence-corrected chi connectivity index (χ1v) is 12.4. The molecule has 0 radical (unpaired) electrons. The summed E-state index contributed by atoms with van der Waals surface area (Å²) in [6, 6.07) is 6.26. The Balaban J connectivity index is 1.31. The van der Waals surface area contributed by atoms with Gasteiger partial charge in [0.25, 0.3) is 0 Å². The summed E-state index contributed by atoms with van der Waals surface area (Å²) >= 11 is 6.54. The summed E-state index contributed by atoms with van der Waals surface area (Å²) in [5, 5.41) is 16.2. The van der Waals surface area contributed by atoms with Crippen molar-refractivity contribution in [1.82, 2.24) is 14.9 Å². The number of hydrogen-bond acceptors (Lipinski definition) is 4. The molecule has 1 aliphatic heterocycles. The molecule has 0 aromatic carbocycles. The average molecular weight is 480 g/mol. The van der Waals surface area contributed by atoms with Crippen molar-refractivity contribution in [2.75, 3.05) is 5.32 Å². The normalized spacial score (nSPS) is 26.6. The standard InChI is InChI=1S/C26H30ClN5O2/c1-14(33)30-18-6-15-4-17(5-16(15)7-18)25(34)31-24-9-20(22(27)12-29-24)21-8-19(11-28)32-13-26(2,3)10-23(21)32/h8-9,12,15-18H,4-7,10,13H2,1-3H3,(H,30,33)(H,29,31,34)/t15-,16?,17?,18-/m0/s1. The van der Waals surface area contributed by atoms with Crippen LogP contribution in [0.2, 0.25) is 5.02 Å². The number of fused-ring (bicyclic) bond motifs is 2. The molecule has 2 saturated carbocycles. The van der Waals surface area contributed by atoms with E-state index >= 15 is 0 Å². The van der Waals surface area contributed by atoms with Crippen molar-refractivity contribution in [3.05, 3.63) is 34.7 Å². The van der Waals surface area contributed by atoms with Crippen molar-refractivity contribution in [2.24, 2.45) is 23.2 Å². The van der Waals surface area contributed by atoms with Crippen molar-refractivity contribution in [1.29, 1.82) is 5.26 Å². The molecule has 2 amide bonds. The van der Waals surface area contributed by atoms with Crippen LogP contribution in [-0.4, -0.2) is 27.4 Å². The maximum absolute atomic E-state index is 13.1. The van der Waals surface area contributed by atoms with E-state index in [1.807, 2.05) is 12.1 Å². The molecule has 0 bridgehead atoms. The van der Waals surface area contributed by atoms with Gasteiger partial charge in [-0.05, 0) is 61.5 Å². The third kappa shape index (κ3) is 4.20. The third-order valence-corrected chi connectivity index (χ3v) is 8.05. The second kappa shape index (κ2) is 8.42. The molecule has 2 fully saturated rings. The van der Waals surface area contributed by atoms with Gasteiger partial charge in [0.1, 0.15) is 17.6 Å². The summed E-state index contributed by atoms with van der Waals surface area (Å²) in [6.07, 6.45) is 6.03. The molecule has 8 heteroatoms. The van der Waals surface area contributed by atoms with Crippen molar-refractivity contribution in [2.45, 2.75) is 65.5 Å². The van der Waals surface area contributed by atoms with Gasteiger partial charge in [0.2, 0.25) is 11.8 Å². The van der Waals surface area contributed by atoms with Crippen molar-refractivity contribution < 1.29 is 9.59 Å². The molecule has 4 atom stereocenters. The number of carbonyl (C=O) groups is 2. The zero-order valence-electron chi connectivity index (χ0n) is 19.8. The summed E-state index contributed by atoms with van der Waals surface area (Å²) < 4.78 is 2.08. The van der Waals surface area contributed by atoms with Crippen molar-refractivity contribution >= 4 is 29.2 Å². The van der Waals surface area contributed by atoms with Crippen LogP contribution in [0.5, 0.6) is 0 Å². The molecule has 2 unspecified atom stereocenters. The molecule has 0 saturated heterocycles. The maximum atomic E-state index is 13.1. The highest BCUT2D eigenvalue weighted by Gasteiger charge is 2.44. The Morgan fingerprint density at radius 3 is 2.53 bits per heavy atom. The van der Waals surface area contributed by atoms with E-state index in [1.165, 1.54) is 0 Å². The number of rotatable bonds is 4. The fraction of sp³-hybridized carbons (Fsp3) is 0.538. The predicted molar refractivity (Wildman–Crippen MR) is 130 cm³/mol. The molecular formula is C26H30ClN5O2. The number of anilines is 1. The van der Waals surface area contributed by atoms with Gasteiger partial charge in [0.05, 0.1) is 5.02 Å². The first-order chi connectivity index (χ1) is 16.1. The summed E-state index contributed by atoms with van der Waals surface area (Å²) in [7, 11) is 0. The van der Waals surface area contributed by atoms with Crippen molar-refractivity contribution in [3.8, 4) is 17.2 Å². The monoisotopic (exact) mass is 479 g/mol. The highest BCUT2D eigenvalue weighted by molar-refractivity contribution is 6.33. The summed E-state index contributed by atoms with van der Waals surface area (Å²) in [5.74, 6) is 1.42. The minimum atomic E-state index is -0.0427. The smallest absolute Gasteiger partial charge is 0.228 e. The first kappa shape index (κ1) is 22.9. The van der Waals surface area contributed by atoms with Crippen LogP contribution in [0, 0.1) is 34.5 Å². The Labute approximate surface area is 204 Å². The van der Waals surface area contributed by atoms with Crippen LogP contribution >= 0.6 is 11.6 Å². The number of amides is 2. The van der Waals surface area contributed by atoms with Crippen LogP contribution in [-0.2, 0) is 22.6 Å². The number of pyridine rings is 1. The molecule has 2 N–H and O–H groups in total. The number of nitrogens with one attached hydrogen (secondary N) is 2. The molecule has 5 rings (SSSR count). The van der Waals surface area contributed by atoms with Crippen LogP contribution in [0.1, 0.15) is 57.8 Å². The Morgan fingerprint density at radius 2 is 1.88 bits per heavy atom. The second-order valence-electron chi connectivity index (χ2n) is 11.0. The first-order valence-electron chi connectivity index (χ1n) is 12.0. The number of nitriles is 1. The fourth-order valence-electron chi connectivity index (χ4n) is 6.40. The highest BCUT2D eigenvalue weighted by Crippen LogP contribution is 2.47. The number of hydrogen-bond donors (Lipinski definition) is 2. The van der Waals surface area contributed by atoms with E-state index in [1.54, 1.807) is 13.1 Å². The van der Waals surface area contributed by atoms with Gasteiger partial charge >= 0.3 is 0 Å². The highest BCUT2D eigenvalue weighted by atomic mass is 35.5. The Bertz CT molecular complexity index is 1200. The number of halogens is 1. The van der Waals surface area contributed by atoms with Gasteiger partial charge in [0.15, 0.2) is 0 Å². The van der Waals surface area contributed by atoms with Crippen LogP contribution < -0.4 is 10.6 Å². The van der Waals surface area contributed by atoms with Gasteiger partial charge in [-0.2, -0.15) is 5.26 Å². The Morgan fingerprint density at radius 1 is 1.18 bits per heavy atom. The SMILES string of the molecule is CC(=O)N[C@@H]1CC2CC(C(=O)Nc3cc(-c4cc(C#N)n5c4CC(C)(C)C5)c(Cl)cn3)C[C@H]2C1. The van der Waals surface area contributed by atoms with E-state index in [4.69, 9.17) is 11.6 Å². The van der Waals surface area contributed by atoms with Crippen LogP contribution in [0.4, 0.5) is 5.82 Å². The second-order valence-corrected chi connectivity index (χ2v) is 11.4. The van der Waals surface area contributed by atoms with Crippen molar-refractivity contribution in [3.63, 3.8) is 0 Å². The van der Waals surface area contributed by atoms with E-state index in [0.29, 0.717) is 28.4 Å². The molecule has 0 spiro atoms. The third-order valence-electron chi connectivity index (χ3n) is 7.75. The van der Waals surface area contributed by atoms with E-state index in [9.17, 15) is 14.9 Å². The minimum absolute atomic E-state index is 0.00722. The maximum Gasteiger partial charge on any atom is 0.228 e. The summed E-state index contributed by atoms with van der Waals surface area (Å²) in [4.78, 5) is 28.8. The topological polar surface area (TPSA) is 99.8 Å². The Hall–Kier alpha value is -2.85. The van der Waals surface area contributed by atoms with E-state index in [2.05, 4.69) is 40.1 Å². The van der Waals surface area contributed by atoms with Crippen LogP contribution in [0.3, 0.4) is 0 Å². The van der Waals surface area contributed by atoms with Gasteiger partial charge in [-0.3, -0.25) is 9.59 Å². The molecule has 34 heavy (non-hydrogen) atoms. The molecule has 2 aromatic rings. The van der Waals surface area contributed by atoms with E-state index in [0.717, 1.165) is 55.5 Å². The lowest BCUT2D eigenvalue weighted by atomic mass is 9.89. The van der Waals surface area contributed by atoms with Crippen LogP contribution in [0.15, 0.2) is 18.3 Å². The molecular weight excluding hydrogens is 450 g/mol. The summed E-state index contributed by atoms with van der Waals surface area (Å²) in [5.41, 5.74) is 3.53. The molecule has 7 nitrogen and oxygen atoms in total. The largest absolute Gasteiger partial charge is 0.354 e. The van der Waals surface area contributed by atoms with Gasteiger partial charge in [-0.1, -0.05) is 25.4 Å². The zero-order chi connectivity index (χ0) is 24.2. The molecule has 2 aromatic heterocycles. The van der Waals surface area contributed by atoms with Gasteiger partial charge in [-0.25, -0.2) is 4.98 Å². The zero-order valence-corrected chi connectivity index (χ0v) is 20.6. The van der Waals surface area contributed by atoms with Gasteiger partial charge < -0.3 is 15.2 Å². The van der Waals surface area contributed by atoms with Gasteiger partial charge in [-0.15, -0.1) is 0 Å². The fourth-order valence-corrected chi connectivity index (χ4v) is 6.61. The lowest BCUT2D eigenvalue weighted by Crippen LogP contribution is -2.31. The minimum Gasteiger partial charge on any atom is -0.354 e. The molecule has 3 heterocycles. The van der Waals surface area contributed by atoms with E-state index in [-0.39, 0.29) is 29.2 Å². The quantitative estimate of drug-likeness (QED) is 0.672. The number of aromatic nitrogens is 2. The molecule has 2 aliphatic carbocycles. The number of carbonyl (C=O) groups excluding carboxylic acids is 2. The summed E-state index contributed by atoms with van der Waals surface area (Å²) in [6.45, 7) is 6.74. The van der Waals surface area contributed by atoms with E-state index < -0.39 is 0 Å². The number of nitrogens with zero attached hydrogens (tertiary/aromatic N) is 3. The lowest BCUT2D eigenvalue weighted by molar-refractivity contribution is -0.121. The molecule has 3 aliphatic rings. The lowest BCUT2D eigenvalue weighted by Gasteiger charge is -2.16.